The van der Waals surface area contributed by atoms with Crippen molar-refractivity contribution < 1.29 is 14.7 Å². The first-order chi connectivity index (χ1) is 10.0. The zero-order chi connectivity index (χ0) is 15.4. The van der Waals surface area contributed by atoms with Gasteiger partial charge in [-0.1, -0.05) is 12.1 Å². The minimum atomic E-state index is -1.08. The Kier molecular flexibility index (Phi) is 4.66. The van der Waals surface area contributed by atoms with Crippen LogP contribution in [0.3, 0.4) is 0 Å². The van der Waals surface area contributed by atoms with Crippen molar-refractivity contribution in [3.8, 4) is 0 Å². The molecule has 4 N–H and O–H groups in total. The molecular formula is C14H15N3O3S. The Morgan fingerprint density at radius 2 is 2.05 bits per heavy atom. The van der Waals surface area contributed by atoms with E-state index in [9.17, 15) is 9.59 Å². The Bertz CT molecular complexity index is 652. The van der Waals surface area contributed by atoms with Crippen molar-refractivity contribution in [3.63, 3.8) is 0 Å². The van der Waals surface area contributed by atoms with Crippen molar-refractivity contribution in [1.82, 2.24) is 10.3 Å². The Morgan fingerprint density at radius 3 is 2.57 bits per heavy atom. The number of rotatable bonds is 5. The van der Waals surface area contributed by atoms with Gasteiger partial charge >= 0.3 is 5.97 Å². The second-order valence-corrected chi connectivity index (χ2v) is 5.36. The number of carbonyl (C=O) groups is 2. The fourth-order valence-corrected chi connectivity index (χ4v) is 2.52. The molecule has 2 aromatic rings. The summed E-state index contributed by atoms with van der Waals surface area (Å²) in [4.78, 5) is 26.8. The molecule has 6 nitrogen and oxygen atoms in total. The first kappa shape index (κ1) is 15.1. The molecule has 7 heteroatoms. The third kappa shape index (κ3) is 3.65. The number of hydrogen-bond donors (Lipinski definition) is 3. The molecule has 0 bridgehead atoms. The van der Waals surface area contributed by atoms with E-state index in [1.807, 2.05) is 0 Å². The quantitative estimate of drug-likeness (QED) is 0.781. The van der Waals surface area contributed by atoms with Gasteiger partial charge in [-0.05, 0) is 24.6 Å². The normalized spacial score (nSPS) is 11.9. The largest absolute Gasteiger partial charge is 0.476 e. The van der Waals surface area contributed by atoms with Crippen molar-refractivity contribution in [1.29, 1.82) is 0 Å². The molecule has 0 aliphatic carbocycles. The van der Waals surface area contributed by atoms with E-state index in [-0.39, 0.29) is 17.6 Å². The van der Waals surface area contributed by atoms with Gasteiger partial charge in [-0.15, -0.1) is 11.3 Å². The molecule has 0 saturated carbocycles. The Labute approximate surface area is 125 Å². The number of aromatic nitrogens is 1. The van der Waals surface area contributed by atoms with Gasteiger partial charge in [0.15, 0.2) is 5.69 Å². The van der Waals surface area contributed by atoms with E-state index in [2.05, 4.69) is 10.3 Å². The van der Waals surface area contributed by atoms with Gasteiger partial charge in [0.2, 0.25) is 0 Å². The predicted octanol–water partition coefficient (Wildman–Crippen LogP) is 1.79. The molecule has 0 aliphatic rings. The summed E-state index contributed by atoms with van der Waals surface area (Å²) in [5, 5.41) is 13.6. The van der Waals surface area contributed by atoms with Gasteiger partial charge in [0.05, 0.1) is 6.04 Å². The lowest BCUT2D eigenvalue weighted by atomic mass is 10.1. The van der Waals surface area contributed by atoms with Gasteiger partial charge in [-0.2, -0.15) is 0 Å². The van der Waals surface area contributed by atoms with Gasteiger partial charge in [0, 0.05) is 17.5 Å². The highest BCUT2D eigenvalue weighted by molar-refractivity contribution is 7.09. The van der Waals surface area contributed by atoms with Crippen molar-refractivity contribution >= 4 is 23.2 Å². The summed E-state index contributed by atoms with van der Waals surface area (Å²) in [6.07, 6.45) is 0. The molecule has 1 unspecified atom stereocenters. The monoisotopic (exact) mass is 305 g/mol. The molecule has 0 radical (unpaired) electrons. The highest BCUT2D eigenvalue weighted by atomic mass is 32.1. The van der Waals surface area contributed by atoms with Crippen molar-refractivity contribution in [2.24, 2.45) is 5.73 Å². The summed E-state index contributed by atoms with van der Waals surface area (Å²) in [6.45, 7) is 2.19. The number of carboxylic acids is 1. The molecule has 0 aliphatic heterocycles. The SMILES string of the molecule is CC(NC(=O)c1ccc(CN)cc1)c1nc(C(=O)O)cs1. The van der Waals surface area contributed by atoms with Crippen molar-refractivity contribution in [2.45, 2.75) is 19.5 Å². The summed E-state index contributed by atoms with van der Waals surface area (Å²) in [5.74, 6) is -1.31. The fraction of sp³-hybridized carbons (Fsp3) is 0.214. The van der Waals surface area contributed by atoms with E-state index in [4.69, 9.17) is 10.8 Å². The van der Waals surface area contributed by atoms with Crippen LogP contribution in [0.1, 0.15) is 44.4 Å². The molecule has 0 fully saturated rings. The lowest BCUT2D eigenvalue weighted by Gasteiger charge is -2.11. The van der Waals surface area contributed by atoms with Gasteiger partial charge in [-0.25, -0.2) is 9.78 Å². The van der Waals surface area contributed by atoms with Crippen molar-refractivity contribution in [3.05, 3.63) is 51.5 Å². The van der Waals surface area contributed by atoms with E-state index in [1.54, 1.807) is 31.2 Å². The zero-order valence-electron chi connectivity index (χ0n) is 11.4. The number of nitrogens with two attached hydrogens (primary N) is 1. The summed E-state index contributed by atoms with van der Waals surface area (Å²) < 4.78 is 0. The minimum absolute atomic E-state index is 0.0107. The number of carbonyl (C=O) groups excluding carboxylic acids is 1. The molecule has 1 amide bonds. The summed E-state index contributed by atoms with van der Waals surface area (Å²) >= 11 is 1.21. The molecule has 21 heavy (non-hydrogen) atoms. The van der Waals surface area contributed by atoms with E-state index >= 15 is 0 Å². The van der Waals surface area contributed by atoms with Crippen LogP contribution in [-0.4, -0.2) is 22.0 Å². The van der Waals surface area contributed by atoms with Gasteiger partial charge in [0.1, 0.15) is 5.01 Å². The zero-order valence-corrected chi connectivity index (χ0v) is 12.2. The van der Waals surface area contributed by atoms with Gasteiger partial charge in [0.25, 0.3) is 5.91 Å². The second kappa shape index (κ2) is 6.47. The third-order valence-electron chi connectivity index (χ3n) is 2.91. The number of aromatic carboxylic acids is 1. The molecule has 0 spiro atoms. The molecule has 2 rings (SSSR count). The summed E-state index contributed by atoms with van der Waals surface area (Å²) in [5.41, 5.74) is 6.97. The van der Waals surface area contributed by atoms with Gasteiger partial charge < -0.3 is 16.2 Å². The van der Waals surface area contributed by atoms with Crippen LogP contribution in [0.5, 0.6) is 0 Å². The Hall–Kier alpha value is -2.25. The molecule has 110 valence electrons. The number of nitrogens with zero attached hydrogens (tertiary/aromatic N) is 1. The maximum absolute atomic E-state index is 12.1. The van der Waals surface area contributed by atoms with E-state index in [0.29, 0.717) is 17.1 Å². The maximum Gasteiger partial charge on any atom is 0.355 e. The van der Waals surface area contributed by atoms with E-state index in [1.165, 1.54) is 16.7 Å². The lowest BCUT2D eigenvalue weighted by Crippen LogP contribution is -2.26. The van der Waals surface area contributed by atoms with Crippen LogP contribution in [0, 0.1) is 0 Å². The lowest BCUT2D eigenvalue weighted by molar-refractivity contribution is 0.0691. The smallest absolute Gasteiger partial charge is 0.355 e. The van der Waals surface area contributed by atoms with Crippen molar-refractivity contribution in [2.75, 3.05) is 0 Å². The number of thiazole rings is 1. The number of benzene rings is 1. The van der Waals surface area contributed by atoms with E-state index in [0.717, 1.165) is 5.56 Å². The van der Waals surface area contributed by atoms with Crippen LogP contribution in [0.25, 0.3) is 0 Å². The molecule has 1 aromatic heterocycles. The second-order valence-electron chi connectivity index (χ2n) is 4.47. The number of nitrogens with one attached hydrogen (secondary N) is 1. The van der Waals surface area contributed by atoms with Gasteiger partial charge in [-0.3, -0.25) is 4.79 Å². The molecule has 1 heterocycles. The van der Waals surface area contributed by atoms with Crippen LogP contribution in [0.2, 0.25) is 0 Å². The highest BCUT2D eigenvalue weighted by Crippen LogP contribution is 2.18. The first-order valence-electron chi connectivity index (χ1n) is 6.30. The summed E-state index contributed by atoms with van der Waals surface area (Å²) in [7, 11) is 0. The topological polar surface area (TPSA) is 105 Å². The Morgan fingerprint density at radius 1 is 1.38 bits per heavy atom. The first-order valence-corrected chi connectivity index (χ1v) is 7.18. The van der Waals surface area contributed by atoms with Crippen LogP contribution in [0.15, 0.2) is 29.6 Å². The maximum atomic E-state index is 12.1. The average molecular weight is 305 g/mol. The average Bonchev–Trinajstić information content (AvgIpc) is 2.97. The molecule has 0 saturated heterocycles. The Balaban J connectivity index is 2.05. The fourth-order valence-electron chi connectivity index (χ4n) is 1.72. The predicted molar refractivity (Wildman–Crippen MR) is 79.3 cm³/mol. The molecule has 1 aromatic carbocycles. The number of carboxylic acid groups (broad SMARTS) is 1. The van der Waals surface area contributed by atoms with Crippen LogP contribution in [-0.2, 0) is 6.54 Å². The van der Waals surface area contributed by atoms with E-state index < -0.39 is 5.97 Å². The molecular weight excluding hydrogens is 290 g/mol. The van der Waals surface area contributed by atoms with Crippen LogP contribution in [0.4, 0.5) is 0 Å². The number of hydrogen-bond acceptors (Lipinski definition) is 5. The van der Waals surface area contributed by atoms with Crippen LogP contribution < -0.4 is 11.1 Å². The number of amides is 1. The minimum Gasteiger partial charge on any atom is -0.476 e. The summed E-state index contributed by atoms with van der Waals surface area (Å²) in [6, 6.07) is 6.64. The highest BCUT2D eigenvalue weighted by Gasteiger charge is 2.16. The standard InChI is InChI=1S/C14H15N3O3S/c1-8(13-17-11(7-21-13)14(19)20)16-12(18)10-4-2-9(6-15)3-5-10/h2-5,7-8H,6,15H2,1H3,(H,16,18)(H,19,20). The van der Waals surface area contributed by atoms with Crippen LogP contribution >= 0.6 is 11.3 Å². The third-order valence-corrected chi connectivity index (χ3v) is 3.94. The molecule has 1 atom stereocenters.